The van der Waals surface area contributed by atoms with Gasteiger partial charge < -0.3 is 15.2 Å². The van der Waals surface area contributed by atoms with Crippen LogP contribution in [0.1, 0.15) is 34.1 Å². The summed E-state index contributed by atoms with van der Waals surface area (Å²) in [4.78, 5) is 25.2. The van der Waals surface area contributed by atoms with E-state index in [9.17, 15) is 4.79 Å². The fraction of sp³-hybridized carbons (Fsp3) is 0.300. The van der Waals surface area contributed by atoms with E-state index in [1.54, 1.807) is 12.3 Å². The molecule has 0 spiro atoms. The van der Waals surface area contributed by atoms with Gasteiger partial charge in [0, 0.05) is 48.5 Å². The first-order valence-electron chi connectivity index (χ1n) is 8.96. The maximum atomic E-state index is 12.4. The van der Waals surface area contributed by atoms with Crippen molar-refractivity contribution >= 4 is 17.4 Å². The van der Waals surface area contributed by atoms with Gasteiger partial charge in [-0.1, -0.05) is 6.07 Å². The van der Waals surface area contributed by atoms with E-state index in [1.165, 1.54) is 0 Å². The molecule has 0 fully saturated rings. The van der Waals surface area contributed by atoms with Crippen LogP contribution in [0.2, 0.25) is 0 Å². The third kappa shape index (κ3) is 5.13. The van der Waals surface area contributed by atoms with Crippen LogP contribution in [0.25, 0.3) is 0 Å². The second kappa shape index (κ2) is 8.44. The summed E-state index contributed by atoms with van der Waals surface area (Å²) in [5, 5.41) is 6.20. The second-order valence-corrected chi connectivity index (χ2v) is 6.42. The lowest BCUT2D eigenvalue weighted by Crippen LogP contribution is -2.25. The zero-order valence-electron chi connectivity index (χ0n) is 15.9. The highest BCUT2D eigenvalue weighted by Crippen LogP contribution is 2.17. The van der Waals surface area contributed by atoms with Gasteiger partial charge in [0.25, 0.3) is 5.91 Å². The van der Waals surface area contributed by atoms with E-state index in [2.05, 4.69) is 30.2 Å². The van der Waals surface area contributed by atoms with Crippen LogP contribution in [-0.4, -0.2) is 32.0 Å². The minimum atomic E-state index is -0.0870. The standard InChI is InChI=1S/C20H24N6O/c1-14-12-19(24-15(2)23-14)25-18-7-4-6-17(13-18)20(27)22-8-5-10-26-11-9-21-16(26)3/h4,6-7,9,11-13H,5,8,10H2,1-3H3,(H,22,27)(H,23,24,25). The predicted octanol–water partition coefficient (Wildman–Crippen LogP) is 3.16. The van der Waals surface area contributed by atoms with Crippen molar-refractivity contribution in [3.8, 4) is 0 Å². The van der Waals surface area contributed by atoms with E-state index in [0.717, 1.165) is 30.2 Å². The molecule has 1 amide bonds. The first-order chi connectivity index (χ1) is 13.0. The summed E-state index contributed by atoms with van der Waals surface area (Å²) >= 11 is 0. The van der Waals surface area contributed by atoms with E-state index in [4.69, 9.17) is 0 Å². The van der Waals surface area contributed by atoms with E-state index < -0.39 is 0 Å². The van der Waals surface area contributed by atoms with Crippen LogP contribution in [0.5, 0.6) is 0 Å². The number of anilines is 2. The monoisotopic (exact) mass is 364 g/mol. The molecule has 0 atom stereocenters. The smallest absolute Gasteiger partial charge is 0.251 e. The Hall–Kier alpha value is -3.22. The van der Waals surface area contributed by atoms with Gasteiger partial charge in [-0.3, -0.25) is 4.79 Å². The molecular formula is C20H24N6O. The van der Waals surface area contributed by atoms with Crippen LogP contribution in [-0.2, 0) is 6.54 Å². The molecule has 2 aromatic heterocycles. The number of carbonyl (C=O) groups excluding carboxylic acids is 1. The molecule has 0 bridgehead atoms. The Morgan fingerprint density at radius 1 is 1.15 bits per heavy atom. The normalized spacial score (nSPS) is 10.6. The number of nitrogens with one attached hydrogen (secondary N) is 2. The van der Waals surface area contributed by atoms with Crippen LogP contribution >= 0.6 is 0 Å². The molecule has 3 rings (SSSR count). The fourth-order valence-corrected chi connectivity index (χ4v) is 2.86. The first-order valence-corrected chi connectivity index (χ1v) is 8.96. The van der Waals surface area contributed by atoms with Crippen molar-refractivity contribution in [3.05, 3.63) is 65.6 Å². The number of hydrogen-bond donors (Lipinski definition) is 2. The van der Waals surface area contributed by atoms with Crippen molar-refractivity contribution in [2.24, 2.45) is 0 Å². The van der Waals surface area contributed by atoms with Crippen LogP contribution < -0.4 is 10.6 Å². The van der Waals surface area contributed by atoms with Gasteiger partial charge in [0.05, 0.1) is 0 Å². The molecule has 0 aliphatic rings. The number of rotatable bonds is 7. The number of hydrogen-bond acceptors (Lipinski definition) is 5. The lowest BCUT2D eigenvalue weighted by molar-refractivity contribution is 0.0953. The summed E-state index contributed by atoms with van der Waals surface area (Å²) in [5.41, 5.74) is 2.32. The van der Waals surface area contributed by atoms with E-state index in [0.29, 0.717) is 23.8 Å². The molecule has 0 saturated carbocycles. The van der Waals surface area contributed by atoms with Crippen LogP contribution in [0, 0.1) is 20.8 Å². The van der Waals surface area contributed by atoms with Crippen LogP contribution in [0.4, 0.5) is 11.5 Å². The summed E-state index contributed by atoms with van der Waals surface area (Å²) in [6, 6.07) is 9.26. The molecule has 1 aromatic carbocycles. The molecule has 3 aromatic rings. The lowest BCUT2D eigenvalue weighted by atomic mass is 10.2. The first kappa shape index (κ1) is 18.6. The Morgan fingerprint density at radius 3 is 2.74 bits per heavy atom. The van der Waals surface area contributed by atoms with Gasteiger partial charge in [-0.15, -0.1) is 0 Å². The third-order valence-electron chi connectivity index (χ3n) is 4.15. The summed E-state index contributed by atoms with van der Waals surface area (Å²) < 4.78 is 2.07. The Kier molecular flexibility index (Phi) is 5.80. The zero-order chi connectivity index (χ0) is 19.2. The number of nitrogens with zero attached hydrogens (tertiary/aromatic N) is 4. The molecule has 2 heterocycles. The van der Waals surface area contributed by atoms with Gasteiger partial charge in [0.1, 0.15) is 17.5 Å². The highest BCUT2D eigenvalue weighted by molar-refractivity contribution is 5.95. The number of benzene rings is 1. The maximum Gasteiger partial charge on any atom is 0.251 e. The average Bonchev–Trinajstić information content (AvgIpc) is 3.03. The van der Waals surface area contributed by atoms with Gasteiger partial charge in [0.2, 0.25) is 0 Å². The topological polar surface area (TPSA) is 84.7 Å². The molecule has 0 unspecified atom stereocenters. The highest BCUT2D eigenvalue weighted by atomic mass is 16.1. The van der Waals surface area contributed by atoms with Crippen molar-refractivity contribution in [2.75, 3.05) is 11.9 Å². The van der Waals surface area contributed by atoms with Crippen LogP contribution in [0.3, 0.4) is 0 Å². The fourth-order valence-electron chi connectivity index (χ4n) is 2.86. The quantitative estimate of drug-likeness (QED) is 0.629. The van der Waals surface area contributed by atoms with Crippen molar-refractivity contribution in [1.82, 2.24) is 24.8 Å². The highest BCUT2D eigenvalue weighted by Gasteiger charge is 2.07. The summed E-state index contributed by atoms with van der Waals surface area (Å²) in [7, 11) is 0. The molecule has 0 aliphatic carbocycles. The average molecular weight is 364 g/mol. The Balaban J connectivity index is 1.56. The Morgan fingerprint density at radius 2 is 2.00 bits per heavy atom. The van der Waals surface area contributed by atoms with Crippen molar-refractivity contribution in [3.63, 3.8) is 0 Å². The Labute approximate surface area is 158 Å². The predicted molar refractivity (Wildman–Crippen MR) is 105 cm³/mol. The number of carbonyl (C=O) groups is 1. The van der Waals surface area contributed by atoms with Gasteiger partial charge in [-0.25, -0.2) is 15.0 Å². The van der Waals surface area contributed by atoms with Gasteiger partial charge in [-0.05, 0) is 45.4 Å². The molecule has 0 radical (unpaired) electrons. The van der Waals surface area contributed by atoms with Crippen molar-refractivity contribution < 1.29 is 4.79 Å². The summed E-state index contributed by atoms with van der Waals surface area (Å²) in [6.45, 7) is 7.19. The van der Waals surface area contributed by atoms with Crippen LogP contribution in [0.15, 0.2) is 42.7 Å². The molecule has 7 nitrogen and oxygen atoms in total. The number of amides is 1. The molecule has 0 aliphatic heterocycles. The Bertz CT molecular complexity index is 913. The summed E-state index contributed by atoms with van der Waals surface area (Å²) in [6.07, 6.45) is 4.58. The minimum absolute atomic E-state index is 0.0870. The molecule has 140 valence electrons. The number of aromatic nitrogens is 4. The van der Waals surface area contributed by atoms with Crippen molar-refractivity contribution in [1.29, 1.82) is 0 Å². The minimum Gasteiger partial charge on any atom is -0.352 e. The largest absolute Gasteiger partial charge is 0.352 e. The molecular weight excluding hydrogens is 340 g/mol. The molecule has 2 N–H and O–H groups in total. The van der Waals surface area contributed by atoms with E-state index in [1.807, 2.05) is 51.2 Å². The number of aryl methyl sites for hydroxylation is 4. The van der Waals surface area contributed by atoms with Crippen molar-refractivity contribution in [2.45, 2.75) is 33.7 Å². The third-order valence-corrected chi connectivity index (χ3v) is 4.15. The van der Waals surface area contributed by atoms with Gasteiger partial charge >= 0.3 is 0 Å². The van der Waals surface area contributed by atoms with E-state index in [-0.39, 0.29) is 5.91 Å². The second-order valence-electron chi connectivity index (χ2n) is 6.42. The lowest BCUT2D eigenvalue weighted by Gasteiger charge is -2.10. The maximum absolute atomic E-state index is 12.4. The number of imidazole rings is 1. The molecule has 7 heteroatoms. The summed E-state index contributed by atoms with van der Waals surface area (Å²) in [5.74, 6) is 2.32. The van der Waals surface area contributed by atoms with Gasteiger partial charge in [0.15, 0.2) is 0 Å². The molecule has 27 heavy (non-hydrogen) atoms. The van der Waals surface area contributed by atoms with Gasteiger partial charge in [-0.2, -0.15) is 0 Å². The SMILES string of the molecule is Cc1cc(Nc2cccc(C(=O)NCCCn3ccnc3C)c2)nc(C)n1. The molecule has 0 saturated heterocycles. The van der Waals surface area contributed by atoms with E-state index >= 15 is 0 Å². The zero-order valence-corrected chi connectivity index (χ0v) is 15.9.